The van der Waals surface area contributed by atoms with Crippen LogP contribution >= 0.6 is 0 Å². The lowest BCUT2D eigenvalue weighted by atomic mass is 10.1. The first kappa shape index (κ1) is 61.1. The molecule has 64 heavy (non-hydrogen) atoms. The van der Waals surface area contributed by atoms with Gasteiger partial charge in [-0.05, 0) is 103 Å². The summed E-state index contributed by atoms with van der Waals surface area (Å²) in [5.74, 6) is -0.505. The molecular weight excluding hydrogens is 789 g/mol. The molecule has 5 heteroatoms. The summed E-state index contributed by atoms with van der Waals surface area (Å²) in [5.41, 5.74) is 0. The molecule has 0 aliphatic rings. The van der Waals surface area contributed by atoms with Crippen molar-refractivity contribution in [2.45, 2.75) is 258 Å². The number of ether oxygens (including phenoxy) is 3. The lowest BCUT2D eigenvalue weighted by molar-refractivity contribution is -0.162. The highest BCUT2D eigenvalue weighted by Crippen LogP contribution is 2.14. The topological polar surface area (TPSA) is 61.8 Å². The minimum Gasteiger partial charge on any atom is -0.462 e. The molecule has 0 saturated heterocycles. The average Bonchev–Trinajstić information content (AvgIpc) is 3.30. The van der Waals surface area contributed by atoms with E-state index in [1.54, 1.807) is 0 Å². The number of carbonyl (C=O) groups is 2. The van der Waals surface area contributed by atoms with Crippen LogP contribution < -0.4 is 0 Å². The fraction of sp³-hybridized carbons (Fsp3) is 0.729. The van der Waals surface area contributed by atoms with Crippen LogP contribution in [-0.4, -0.2) is 37.9 Å². The largest absolute Gasteiger partial charge is 0.462 e. The van der Waals surface area contributed by atoms with E-state index in [9.17, 15) is 9.59 Å². The van der Waals surface area contributed by atoms with E-state index < -0.39 is 6.10 Å². The van der Waals surface area contributed by atoms with E-state index in [1.165, 1.54) is 141 Å². The summed E-state index contributed by atoms with van der Waals surface area (Å²) in [6.07, 6.45) is 71.9. The molecule has 0 spiro atoms. The van der Waals surface area contributed by atoms with Gasteiger partial charge in [-0.3, -0.25) is 9.59 Å². The van der Waals surface area contributed by atoms with E-state index in [-0.39, 0.29) is 25.2 Å². The molecule has 0 N–H and O–H groups in total. The lowest BCUT2D eigenvalue weighted by Crippen LogP contribution is -2.30. The molecular formula is C59H102O5. The molecule has 0 aromatic carbocycles. The van der Waals surface area contributed by atoms with Crippen molar-refractivity contribution in [2.75, 3.05) is 19.8 Å². The van der Waals surface area contributed by atoms with Crippen LogP contribution in [0.2, 0.25) is 0 Å². The fourth-order valence-corrected chi connectivity index (χ4v) is 7.37. The van der Waals surface area contributed by atoms with Crippen molar-refractivity contribution in [2.24, 2.45) is 0 Å². The summed E-state index contributed by atoms with van der Waals surface area (Å²) in [5, 5.41) is 0. The maximum Gasteiger partial charge on any atom is 0.306 e. The Balaban J connectivity index is 4.32. The molecule has 0 aliphatic carbocycles. The average molecular weight is 891 g/mol. The van der Waals surface area contributed by atoms with E-state index in [2.05, 4.69) is 99.8 Å². The summed E-state index contributed by atoms with van der Waals surface area (Å²) in [4.78, 5) is 25.4. The minimum atomic E-state index is -0.584. The zero-order chi connectivity index (χ0) is 46.3. The molecule has 1 unspecified atom stereocenters. The highest BCUT2D eigenvalue weighted by molar-refractivity contribution is 5.70. The Bertz CT molecular complexity index is 1190. The van der Waals surface area contributed by atoms with Crippen LogP contribution in [0, 0.1) is 0 Å². The maximum absolute atomic E-state index is 12.8. The summed E-state index contributed by atoms with van der Waals surface area (Å²) in [7, 11) is 0. The van der Waals surface area contributed by atoms with Crippen LogP contribution in [0.1, 0.15) is 252 Å². The molecule has 368 valence electrons. The molecule has 0 aromatic rings. The Hall–Kier alpha value is -2.92. The van der Waals surface area contributed by atoms with Crippen LogP contribution in [0.15, 0.2) is 85.1 Å². The number of rotatable bonds is 49. The van der Waals surface area contributed by atoms with Gasteiger partial charge in [-0.25, -0.2) is 0 Å². The van der Waals surface area contributed by atoms with Crippen LogP contribution in [0.4, 0.5) is 0 Å². The van der Waals surface area contributed by atoms with Crippen LogP contribution in [0.3, 0.4) is 0 Å². The molecule has 0 radical (unpaired) electrons. The SMILES string of the molecule is CC/C=C\C/C=C\C/C=C\C/C=C\CCC(=O)OC(COCCCCCCCCCCCC/C=C\CCCCCCCC)COC(=O)CCCCCCC/C=C\C/C=C\CCCCC. The minimum absolute atomic E-state index is 0.0464. The zero-order valence-electron chi connectivity index (χ0n) is 42.3. The van der Waals surface area contributed by atoms with Crippen LogP contribution in [0.5, 0.6) is 0 Å². The molecule has 0 bridgehead atoms. The summed E-state index contributed by atoms with van der Waals surface area (Å²) in [6, 6.07) is 0. The Labute approximate surface area is 397 Å². The van der Waals surface area contributed by atoms with Gasteiger partial charge in [0.25, 0.3) is 0 Å². The van der Waals surface area contributed by atoms with Gasteiger partial charge in [0.05, 0.1) is 6.61 Å². The van der Waals surface area contributed by atoms with E-state index >= 15 is 0 Å². The third-order valence-corrected chi connectivity index (χ3v) is 11.4. The molecule has 0 fully saturated rings. The van der Waals surface area contributed by atoms with Gasteiger partial charge in [0.15, 0.2) is 6.10 Å². The molecule has 1 atom stereocenters. The zero-order valence-corrected chi connectivity index (χ0v) is 42.3. The summed E-state index contributed by atoms with van der Waals surface area (Å²) < 4.78 is 17.3. The van der Waals surface area contributed by atoms with Crippen molar-refractivity contribution < 1.29 is 23.8 Å². The molecule has 0 amide bonds. The number of hydrogen-bond donors (Lipinski definition) is 0. The monoisotopic (exact) mass is 891 g/mol. The van der Waals surface area contributed by atoms with Crippen LogP contribution in [-0.2, 0) is 23.8 Å². The molecule has 0 rings (SSSR count). The van der Waals surface area contributed by atoms with Gasteiger partial charge in [-0.2, -0.15) is 0 Å². The van der Waals surface area contributed by atoms with E-state index in [1.807, 2.05) is 6.08 Å². The normalized spacial score (nSPS) is 12.9. The number of esters is 2. The molecule has 0 saturated carbocycles. The molecule has 0 aliphatic heterocycles. The number of carbonyl (C=O) groups excluding carboxylic acids is 2. The van der Waals surface area contributed by atoms with Crippen LogP contribution in [0.25, 0.3) is 0 Å². The van der Waals surface area contributed by atoms with Gasteiger partial charge in [0, 0.05) is 19.4 Å². The van der Waals surface area contributed by atoms with Crippen molar-refractivity contribution in [1.29, 1.82) is 0 Å². The van der Waals surface area contributed by atoms with Crippen molar-refractivity contribution in [3.63, 3.8) is 0 Å². The Morgan fingerprint density at radius 1 is 0.359 bits per heavy atom. The molecule has 0 heterocycles. The Morgan fingerprint density at radius 3 is 1.23 bits per heavy atom. The Morgan fingerprint density at radius 2 is 0.734 bits per heavy atom. The number of unbranched alkanes of at least 4 members (excludes halogenated alkanes) is 24. The first-order chi connectivity index (χ1) is 31.6. The highest BCUT2D eigenvalue weighted by Gasteiger charge is 2.17. The van der Waals surface area contributed by atoms with Gasteiger partial charge in [-0.15, -0.1) is 0 Å². The second-order valence-corrected chi connectivity index (χ2v) is 17.7. The van der Waals surface area contributed by atoms with E-state index in [4.69, 9.17) is 14.2 Å². The summed E-state index contributed by atoms with van der Waals surface area (Å²) in [6.45, 7) is 7.60. The predicted octanol–water partition coefficient (Wildman–Crippen LogP) is 18.5. The molecule has 5 nitrogen and oxygen atoms in total. The smallest absolute Gasteiger partial charge is 0.306 e. The number of allylic oxidation sites excluding steroid dienone is 14. The second kappa shape index (κ2) is 54.4. The molecule has 0 aromatic heterocycles. The predicted molar refractivity (Wildman–Crippen MR) is 279 cm³/mol. The second-order valence-electron chi connectivity index (χ2n) is 17.7. The van der Waals surface area contributed by atoms with Gasteiger partial charge < -0.3 is 14.2 Å². The van der Waals surface area contributed by atoms with Gasteiger partial charge in [0.1, 0.15) is 6.61 Å². The number of hydrogen-bond acceptors (Lipinski definition) is 5. The van der Waals surface area contributed by atoms with E-state index in [0.717, 1.165) is 70.6 Å². The van der Waals surface area contributed by atoms with E-state index in [0.29, 0.717) is 25.9 Å². The quantitative estimate of drug-likeness (QED) is 0.0346. The van der Waals surface area contributed by atoms with Gasteiger partial charge in [-0.1, -0.05) is 221 Å². The first-order valence-corrected chi connectivity index (χ1v) is 27.1. The van der Waals surface area contributed by atoms with Gasteiger partial charge in [0.2, 0.25) is 0 Å². The lowest BCUT2D eigenvalue weighted by Gasteiger charge is -2.18. The highest BCUT2D eigenvalue weighted by atomic mass is 16.6. The first-order valence-electron chi connectivity index (χ1n) is 27.1. The van der Waals surface area contributed by atoms with Crippen molar-refractivity contribution >= 4 is 11.9 Å². The summed E-state index contributed by atoms with van der Waals surface area (Å²) >= 11 is 0. The standard InChI is InChI=1S/C59H102O5/c1-4-7-10-13-16-19-22-25-27-28-29-30-31-33-36-39-42-45-48-51-54-62-55-57(64-59(61)53-50-47-44-41-38-34-24-21-18-15-12-9-6-3)56-63-58(60)52-49-46-43-40-37-35-32-26-23-20-17-14-11-8-5-2/h9,12,17-18,20-21,25-27,32,34,38,44,47,57H,4-8,10-11,13-16,19,22-24,28-31,33,35-37,39-43,45-46,48-56H2,1-3H3/b12-9-,20-17-,21-18-,27-25-,32-26-,38-34-,47-44-. The Kier molecular flexibility index (Phi) is 51.9. The van der Waals surface area contributed by atoms with Gasteiger partial charge >= 0.3 is 11.9 Å². The van der Waals surface area contributed by atoms with Crippen molar-refractivity contribution in [3.05, 3.63) is 85.1 Å². The fourth-order valence-electron chi connectivity index (χ4n) is 7.37. The van der Waals surface area contributed by atoms with Crippen molar-refractivity contribution in [1.82, 2.24) is 0 Å². The third kappa shape index (κ3) is 51.7. The van der Waals surface area contributed by atoms with Crippen molar-refractivity contribution in [3.8, 4) is 0 Å². The third-order valence-electron chi connectivity index (χ3n) is 11.4. The maximum atomic E-state index is 12.8.